The molecule has 0 saturated carbocycles. The average Bonchev–Trinajstić information content (AvgIpc) is 3.71. The Morgan fingerprint density at radius 3 is 2.63 bits per heavy atom. The van der Waals surface area contributed by atoms with Crippen LogP contribution in [0.3, 0.4) is 0 Å². The Labute approximate surface area is 220 Å². The number of anilines is 1. The Balaban J connectivity index is 1.14. The van der Waals surface area contributed by atoms with E-state index >= 15 is 0 Å². The number of carbonyl (C=O) groups is 1. The van der Waals surface area contributed by atoms with E-state index in [9.17, 15) is 4.79 Å². The fraction of sp³-hybridized carbons (Fsp3) is 0.182. The molecule has 1 atom stereocenters. The van der Waals surface area contributed by atoms with Crippen molar-refractivity contribution in [3.05, 3.63) is 113 Å². The Kier molecular flexibility index (Phi) is 4.40. The van der Waals surface area contributed by atoms with Gasteiger partial charge in [0.25, 0.3) is 0 Å². The van der Waals surface area contributed by atoms with Crippen molar-refractivity contribution in [2.75, 3.05) is 18.1 Å². The van der Waals surface area contributed by atoms with E-state index in [4.69, 9.17) is 9.47 Å². The minimum atomic E-state index is -0.814. The number of para-hydroxylation sites is 2. The minimum Gasteiger partial charge on any atom is -0.493 e. The van der Waals surface area contributed by atoms with Gasteiger partial charge in [0.15, 0.2) is 0 Å². The SMILES string of the molecule is Cc1cccc2cc(-c3ccc(CN4C(=O)C5(COc6cc7c(cc65)CCO7)c5ccccc54)cc3)[nH]c12. The maximum Gasteiger partial charge on any atom is 0.246 e. The number of aromatic amines is 1. The molecule has 1 unspecified atom stereocenters. The standard InChI is InChI=1S/C33H26N2O3/c1-20-5-4-6-24-16-27(34-31(20)24)22-11-9-21(10-12-22)18-35-28-8-3-2-7-25(28)33(32(35)36)19-38-30-17-29-23(13-14-37-29)15-26(30)33/h2-12,15-17,34H,13-14,18-19H2,1H3. The lowest BCUT2D eigenvalue weighted by molar-refractivity contribution is -0.122. The first-order valence-electron chi connectivity index (χ1n) is 13.1. The summed E-state index contributed by atoms with van der Waals surface area (Å²) < 4.78 is 11.9. The van der Waals surface area contributed by atoms with Crippen molar-refractivity contribution in [2.45, 2.75) is 25.3 Å². The molecule has 0 bridgehead atoms. The summed E-state index contributed by atoms with van der Waals surface area (Å²) in [6.07, 6.45) is 0.862. The van der Waals surface area contributed by atoms with Gasteiger partial charge in [0.2, 0.25) is 5.91 Å². The van der Waals surface area contributed by atoms with Crippen molar-refractivity contribution in [1.29, 1.82) is 0 Å². The Morgan fingerprint density at radius 1 is 0.895 bits per heavy atom. The van der Waals surface area contributed by atoms with Crippen LogP contribution < -0.4 is 14.4 Å². The number of aryl methyl sites for hydroxylation is 1. The molecule has 1 N–H and O–H groups in total. The molecular formula is C33H26N2O3. The Hall–Kier alpha value is -4.51. The van der Waals surface area contributed by atoms with Crippen LogP contribution in [-0.2, 0) is 23.2 Å². The lowest BCUT2D eigenvalue weighted by atomic mass is 9.76. The van der Waals surface area contributed by atoms with Gasteiger partial charge < -0.3 is 19.4 Å². The summed E-state index contributed by atoms with van der Waals surface area (Å²) >= 11 is 0. The number of nitrogens with one attached hydrogen (secondary N) is 1. The summed E-state index contributed by atoms with van der Waals surface area (Å²) in [5, 5.41) is 1.21. The van der Waals surface area contributed by atoms with E-state index in [0.717, 1.165) is 57.1 Å². The van der Waals surface area contributed by atoms with Gasteiger partial charge in [-0.3, -0.25) is 4.79 Å². The normalized spacial score (nSPS) is 19.0. The molecular weight excluding hydrogens is 472 g/mol. The molecule has 5 heteroatoms. The molecule has 1 aromatic heterocycles. The Morgan fingerprint density at radius 2 is 1.76 bits per heavy atom. The number of H-pyrrole nitrogens is 1. The molecule has 0 radical (unpaired) electrons. The van der Waals surface area contributed by atoms with Crippen LogP contribution in [0, 0.1) is 6.92 Å². The largest absolute Gasteiger partial charge is 0.493 e. The first kappa shape index (κ1) is 21.6. The predicted octanol–water partition coefficient (Wildman–Crippen LogP) is 6.30. The molecule has 1 amide bonds. The summed E-state index contributed by atoms with van der Waals surface area (Å²) in [6.45, 7) is 3.62. The fourth-order valence-corrected chi connectivity index (χ4v) is 6.44. The number of ether oxygens (including phenoxy) is 2. The monoisotopic (exact) mass is 498 g/mol. The molecule has 186 valence electrons. The second kappa shape index (κ2) is 7.75. The molecule has 0 saturated heterocycles. The van der Waals surface area contributed by atoms with Gasteiger partial charge in [-0.2, -0.15) is 0 Å². The van der Waals surface area contributed by atoms with Gasteiger partial charge >= 0.3 is 0 Å². The van der Waals surface area contributed by atoms with Crippen LogP contribution in [0.25, 0.3) is 22.2 Å². The number of benzene rings is 4. The van der Waals surface area contributed by atoms with Crippen LogP contribution in [0.4, 0.5) is 5.69 Å². The van der Waals surface area contributed by atoms with Crippen LogP contribution in [0.1, 0.15) is 27.8 Å². The zero-order valence-electron chi connectivity index (χ0n) is 21.1. The quantitative estimate of drug-likeness (QED) is 0.317. The molecule has 38 heavy (non-hydrogen) atoms. The van der Waals surface area contributed by atoms with Crippen molar-refractivity contribution in [3.8, 4) is 22.8 Å². The number of hydrogen-bond donors (Lipinski definition) is 1. The summed E-state index contributed by atoms with van der Waals surface area (Å²) in [4.78, 5) is 19.8. The van der Waals surface area contributed by atoms with E-state index in [1.165, 1.54) is 16.5 Å². The highest BCUT2D eigenvalue weighted by atomic mass is 16.5. The number of fused-ring (bicyclic) bond motifs is 6. The van der Waals surface area contributed by atoms with Crippen LogP contribution in [-0.4, -0.2) is 24.1 Å². The van der Waals surface area contributed by atoms with Gasteiger partial charge in [-0.25, -0.2) is 0 Å². The van der Waals surface area contributed by atoms with E-state index in [2.05, 4.69) is 78.6 Å². The van der Waals surface area contributed by atoms with Crippen molar-refractivity contribution in [3.63, 3.8) is 0 Å². The van der Waals surface area contributed by atoms with Gasteiger partial charge in [-0.05, 0) is 52.9 Å². The minimum absolute atomic E-state index is 0.0754. The van der Waals surface area contributed by atoms with Gasteiger partial charge in [-0.15, -0.1) is 0 Å². The zero-order chi connectivity index (χ0) is 25.4. The summed E-state index contributed by atoms with van der Waals surface area (Å²) in [6, 6.07) is 29.3. The molecule has 4 heterocycles. The van der Waals surface area contributed by atoms with Crippen molar-refractivity contribution in [2.24, 2.45) is 0 Å². The lowest BCUT2D eigenvalue weighted by Crippen LogP contribution is -2.42. The topological polar surface area (TPSA) is 54.6 Å². The number of carbonyl (C=O) groups excluding carboxylic acids is 1. The number of nitrogens with zero attached hydrogens (tertiary/aromatic N) is 1. The molecule has 4 aromatic carbocycles. The average molecular weight is 499 g/mol. The number of amides is 1. The molecule has 0 fully saturated rings. The number of rotatable bonds is 3. The molecule has 3 aliphatic heterocycles. The van der Waals surface area contributed by atoms with Gasteiger partial charge in [-0.1, -0.05) is 60.7 Å². The lowest BCUT2D eigenvalue weighted by Gasteiger charge is -2.23. The van der Waals surface area contributed by atoms with Crippen LogP contribution >= 0.6 is 0 Å². The van der Waals surface area contributed by atoms with Gasteiger partial charge in [0, 0.05) is 40.3 Å². The van der Waals surface area contributed by atoms with Gasteiger partial charge in [0.1, 0.15) is 23.5 Å². The highest BCUT2D eigenvalue weighted by Crippen LogP contribution is 2.54. The number of hydrogen-bond acceptors (Lipinski definition) is 3. The summed E-state index contributed by atoms with van der Waals surface area (Å²) in [7, 11) is 0. The third-order valence-corrected chi connectivity index (χ3v) is 8.43. The predicted molar refractivity (Wildman–Crippen MR) is 148 cm³/mol. The first-order valence-corrected chi connectivity index (χ1v) is 13.1. The smallest absolute Gasteiger partial charge is 0.246 e. The summed E-state index contributed by atoms with van der Waals surface area (Å²) in [5.41, 5.74) is 9.00. The highest BCUT2D eigenvalue weighted by Gasteiger charge is 2.57. The van der Waals surface area contributed by atoms with E-state index in [1.807, 2.05) is 23.1 Å². The fourth-order valence-electron chi connectivity index (χ4n) is 6.44. The molecule has 3 aliphatic rings. The molecule has 5 nitrogen and oxygen atoms in total. The van der Waals surface area contributed by atoms with Crippen LogP contribution in [0.5, 0.6) is 11.5 Å². The van der Waals surface area contributed by atoms with Gasteiger partial charge in [0.05, 0.1) is 13.2 Å². The van der Waals surface area contributed by atoms with Crippen molar-refractivity contribution in [1.82, 2.24) is 4.98 Å². The maximum atomic E-state index is 14.3. The van der Waals surface area contributed by atoms with Crippen LogP contribution in [0.2, 0.25) is 0 Å². The van der Waals surface area contributed by atoms with E-state index in [1.54, 1.807) is 0 Å². The molecule has 0 aliphatic carbocycles. The van der Waals surface area contributed by atoms with Crippen molar-refractivity contribution >= 4 is 22.5 Å². The molecule has 8 rings (SSSR count). The second-order valence-corrected chi connectivity index (χ2v) is 10.6. The Bertz CT molecular complexity index is 1770. The second-order valence-electron chi connectivity index (χ2n) is 10.6. The first-order chi connectivity index (χ1) is 18.6. The summed E-state index contributed by atoms with van der Waals surface area (Å²) in [5.74, 6) is 1.71. The zero-order valence-corrected chi connectivity index (χ0v) is 21.1. The molecule has 1 spiro atoms. The van der Waals surface area contributed by atoms with Crippen LogP contribution in [0.15, 0.2) is 84.9 Å². The third-order valence-electron chi connectivity index (χ3n) is 8.43. The maximum absolute atomic E-state index is 14.3. The molecule has 5 aromatic rings. The third kappa shape index (κ3) is 2.90. The number of aromatic nitrogens is 1. The van der Waals surface area contributed by atoms with E-state index in [0.29, 0.717) is 19.8 Å². The van der Waals surface area contributed by atoms with Crippen molar-refractivity contribution < 1.29 is 14.3 Å². The highest BCUT2D eigenvalue weighted by molar-refractivity contribution is 6.11. The van der Waals surface area contributed by atoms with E-state index < -0.39 is 5.41 Å². The van der Waals surface area contributed by atoms with E-state index in [-0.39, 0.29) is 5.91 Å².